The highest BCUT2D eigenvalue weighted by Crippen LogP contribution is 2.60. The van der Waals surface area contributed by atoms with Crippen LogP contribution < -0.4 is 0 Å². The fourth-order valence-corrected chi connectivity index (χ4v) is 5.54. The normalized spacial score (nSPS) is 53.5. The van der Waals surface area contributed by atoms with Crippen LogP contribution in [0.15, 0.2) is 0 Å². The van der Waals surface area contributed by atoms with Crippen LogP contribution in [0.5, 0.6) is 0 Å². The standard InChI is InChI=1S/C17H30/c1-4-12-8-13-10-14(9-12)16-11-17(3,5-2)7-6-15(13)16/h12-16H,4-11H2,1-3H3. The molecule has 6 atom stereocenters. The minimum atomic E-state index is 0.695. The molecular weight excluding hydrogens is 204 g/mol. The van der Waals surface area contributed by atoms with Crippen LogP contribution in [0, 0.1) is 35.0 Å². The van der Waals surface area contributed by atoms with Crippen molar-refractivity contribution in [2.75, 3.05) is 0 Å². The molecule has 0 aromatic carbocycles. The summed E-state index contributed by atoms with van der Waals surface area (Å²) in [5, 5.41) is 0. The zero-order valence-corrected chi connectivity index (χ0v) is 12.0. The Labute approximate surface area is 108 Å². The average molecular weight is 234 g/mol. The first-order valence-corrected chi connectivity index (χ1v) is 8.15. The first kappa shape index (κ1) is 12.1. The van der Waals surface area contributed by atoms with Gasteiger partial charge in [0.15, 0.2) is 0 Å². The van der Waals surface area contributed by atoms with Gasteiger partial charge in [0.1, 0.15) is 0 Å². The number of rotatable bonds is 2. The van der Waals surface area contributed by atoms with Crippen LogP contribution in [-0.2, 0) is 0 Å². The smallest absolute Gasteiger partial charge is 0.0326 e. The fraction of sp³-hybridized carbons (Fsp3) is 1.00. The Morgan fingerprint density at radius 2 is 1.71 bits per heavy atom. The topological polar surface area (TPSA) is 0 Å². The Balaban J connectivity index is 1.76. The molecule has 0 spiro atoms. The van der Waals surface area contributed by atoms with Gasteiger partial charge in [0.05, 0.1) is 0 Å². The molecule has 0 aliphatic heterocycles. The quantitative estimate of drug-likeness (QED) is 0.610. The lowest BCUT2D eigenvalue weighted by Crippen LogP contribution is -2.32. The maximum atomic E-state index is 2.56. The highest BCUT2D eigenvalue weighted by atomic mass is 14.6. The number of hydrogen-bond acceptors (Lipinski definition) is 0. The molecule has 3 rings (SSSR count). The van der Waals surface area contributed by atoms with Gasteiger partial charge in [-0.3, -0.25) is 0 Å². The largest absolute Gasteiger partial charge is 0.0651 e. The van der Waals surface area contributed by atoms with Gasteiger partial charge in [-0.25, -0.2) is 0 Å². The lowest BCUT2D eigenvalue weighted by Gasteiger charge is -2.42. The predicted molar refractivity (Wildman–Crippen MR) is 73.8 cm³/mol. The summed E-state index contributed by atoms with van der Waals surface area (Å²) >= 11 is 0. The van der Waals surface area contributed by atoms with E-state index in [1.807, 2.05) is 0 Å². The highest BCUT2D eigenvalue weighted by molar-refractivity contribution is 5.01. The van der Waals surface area contributed by atoms with E-state index in [4.69, 9.17) is 0 Å². The van der Waals surface area contributed by atoms with Gasteiger partial charge >= 0.3 is 0 Å². The van der Waals surface area contributed by atoms with Gasteiger partial charge in [-0.1, -0.05) is 33.6 Å². The first-order valence-electron chi connectivity index (χ1n) is 8.15. The van der Waals surface area contributed by atoms with Crippen molar-refractivity contribution in [3.05, 3.63) is 0 Å². The third-order valence-corrected chi connectivity index (χ3v) is 6.88. The van der Waals surface area contributed by atoms with Gasteiger partial charge in [0, 0.05) is 0 Å². The van der Waals surface area contributed by atoms with Crippen LogP contribution in [0.3, 0.4) is 0 Å². The van der Waals surface area contributed by atoms with Crippen molar-refractivity contribution in [2.24, 2.45) is 35.0 Å². The summed E-state index contributed by atoms with van der Waals surface area (Å²) in [5.41, 5.74) is 0.695. The molecular formula is C17H30. The van der Waals surface area contributed by atoms with Crippen molar-refractivity contribution in [1.82, 2.24) is 0 Å². The van der Waals surface area contributed by atoms with Crippen LogP contribution in [0.25, 0.3) is 0 Å². The fourth-order valence-electron chi connectivity index (χ4n) is 5.54. The Morgan fingerprint density at radius 3 is 2.35 bits per heavy atom. The van der Waals surface area contributed by atoms with E-state index in [0.29, 0.717) is 5.41 Å². The second-order valence-corrected chi connectivity index (χ2v) is 7.74. The summed E-state index contributed by atoms with van der Waals surface area (Å²) in [4.78, 5) is 0. The zero-order chi connectivity index (χ0) is 12.0. The SMILES string of the molecule is CCC1CC2CC(C1)C1CC(C)(CC)CCC21. The molecule has 0 amide bonds. The molecule has 3 aliphatic carbocycles. The van der Waals surface area contributed by atoms with Crippen molar-refractivity contribution in [1.29, 1.82) is 0 Å². The Morgan fingerprint density at radius 1 is 1.00 bits per heavy atom. The third-order valence-electron chi connectivity index (χ3n) is 6.88. The second kappa shape index (κ2) is 4.28. The van der Waals surface area contributed by atoms with Crippen LogP contribution in [0.1, 0.15) is 72.1 Å². The molecule has 0 aromatic heterocycles. The van der Waals surface area contributed by atoms with Crippen LogP contribution in [0.4, 0.5) is 0 Å². The summed E-state index contributed by atoms with van der Waals surface area (Å²) in [6.45, 7) is 7.38. The summed E-state index contributed by atoms with van der Waals surface area (Å²) in [6.07, 6.45) is 12.3. The van der Waals surface area contributed by atoms with Crippen LogP contribution >= 0.6 is 0 Å². The van der Waals surface area contributed by atoms with E-state index in [1.165, 1.54) is 19.3 Å². The van der Waals surface area contributed by atoms with Crippen molar-refractivity contribution in [3.8, 4) is 0 Å². The third kappa shape index (κ3) is 1.96. The summed E-state index contributed by atoms with van der Waals surface area (Å²) in [7, 11) is 0. The monoisotopic (exact) mass is 234 g/mol. The molecule has 0 nitrogen and oxygen atoms in total. The van der Waals surface area contributed by atoms with Crippen LogP contribution in [-0.4, -0.2) is 0 Å². The van der Waals surface area contributed by atoms with Gasteiger partial charge in [0.2, 0.25) is 0 Å². The second-order valence-electron chi connectivity index (χ2n) is 7.74. The first-order chi connectivity index (χ1) is 8.15. The minimum Gasteiger partial charge on any atom is -0.0651 e. The molecule has 0 heteroatoms. The molecule has 2 bridgehead atoms. The Kier molecular flexibility index (Phi) is 3.04. The number of hydrogen-bond donors (Lipinski definition) is 0. The van der Waals surface area contributed by atoms with Gasteiger partial charge < -0.3 is 0 Å². The molecule has 98 valence electrons. The average Bonchev–Trinajstić information content (AvgIpc) is 2.60. The van der Waals surface area contributed by atoms with E-state index in [-0.39, 0.29) is 0 Å². The molecule has 0 aromatic rings. The van der Waals surface area contributed by atoms with E-state index < -0.39 is 0 Å². The van der Waals surface area contributed by atoms with E-state index in [0.717, 1.165) is 29.6 Å². The van der Waals surface area contributed by atoms with E-state index in [2.05, 4.69) is 20.8 Å². The molecule has 0 radical (unpaired) electrons. The number of fused-ring (bicyclic) bond motifs is 5. The Bertz CT molecular complexity index is 282. The Hall–Kier alpha value is 0. The molecule has 0 saturated heterocycles. The summed E-state index contributed by atoms with van der Waals surface area (Å²) in [5.74, 6) is 5.59. The van der Waals surface area contributed by atoms with E-state index >= 15 is 0 Å². The molecule has 6 unspecified atom stereocenters. The predicted octanol–water partition coefficient (Wildman–Crippen LogP) is 5.28. The highest BCUT2D eigenvalue weighted by Gasteiger charge is 2.51. The van der Waals surface area contributed by atoms with Gasteiger partial charge in [0.25, 0.3) is 0 Å². The van der Waals surface area contributed by atoms with Crippen molar-refractivity contribution < 1.29 is 0 Å². The lowest BCUT2D eigenvalue weighted by atomic mass is 9.64. The van der Waals surface area contributed by atoms with Crippen molar-refractivity contribution in [2.45, 2.75) is 72.1 Å². The molecule has 3 saturated carbocycles. The maximum Gasteiger partial charge on any atom is -0.0326 e. The van der Waals surface area contributed by atoms with Gasteiger partial charge in [-0.05, 0) is 73.5 Å². The molecule has 0 N–H and O–H groups in total. The summed E-state index contributed by atoms with van der Waals surface area (Å²) < 4.78 is 0. The van der Waals surface area contributed by atoms with Crippen molar-refractivity contribution >= 4 is 0 Å². The molecule has 3 fully saturated rings. The lowest BCUT2D eigenvalue weighted by molar-refractivity contribution is 0.0874. The maximum absolute atomic E-state index is 2.56. The summed E-state index contributed by atoms with van der Waals surface area (Å²) in [6, 6.07) is 0. The van der Waals surface area contributed by atoms with Gasteiger partial charge in [-0.2, -0.15) is 0 Å². The van der Waals surface area contributed by atoms with Gasteiger partial charge in [-0.15, -0.1) is 0 Å². The van der Waals surface area contributed by atoms with E-state index in [9.17, 15) is 0 Å². The molecule has 3 aliphatic rings. The van der Waals surface area contributed by atoms with Crippen molar-refractivity contribution in [3.63, 3.8) is 0 Å². The zero-order valence-electron chi connectivity index (χ0n) is 12.0. The molecule has 0 heterocycles. The minimum absolute atomic E-state index is 0.695. The molecule has 17 heavy (non-hydrogen) atoms. The van der Waals surface area contributed by atoms with Crippen LogP contribution in [0.2, 0.25) is 0 Å². The van der Waals surface area contributed by atoms with E-state index in [1.54, 1.807) is 32.1 Å².